The van der Waals surface area contributed by atoms with E-state index in [1.165, 1.54) is 6.07 Å². The lowest BCUT2D eigenvalue weighted by Crippen LogP contribution is -2.10. The van der Waals surface area contributed by atoms with Gasteiger partial charge in [-0.3, -0.25) is 4.68 Å². The maximum absolute atomic E-state index is 13.9. The van der Waals surface area contributed by atoms with E-state index in [0.717, 1.165) is 24.0 Å². The van der Waals surface area contributed by atoms with Crippen LogP contribution in [-0.2, 0) is 6.54 Å². The van der Waals surface area contributed by atoms with Crippen molar-refractivity contribution in [3.8, 4) is 0 Å². The highest BCUT2D eigenvalue weighted by Gasteiger charge is 2.18. The summed E-state index contributed by atoms with van der Waals surface area (Å²) in [4.78, 5) is 0. The summed E-state index contributed by atoms with van der Waals surface area (Å²) in [5.74, 6) is -0.274. The number of aliphatic hydroxyl groups is 1. The number of halogens is 1. The summed E-state index contributed by atoms with van der Waals surface area (Å²) in [6.07, 6.45) is 1.80. The van der Waals surface area contributed by atoms with Crippen molar-refractivity contribution < 1.29 is 9.50 Å². The highest BCUT2D eigenvalue weighted by molar-refractivity contribution is 5.86. The lowest BCUT2D eigenvalue weighted by molar-refractivity contribution is 0.209. The van der Waals surface area contributed by atoms with Gasteiger partial charge in [0.25, 0.3) is 0 Å². The average Bonchev–Trinajstić information content (AvgIpc) is 2.96. The van der Waals surface area contributed by atoms with Crippen LogP contribution in [0.25, 0.3) is 10.8 Å². The molecule has 0 amide bonds. The van der Waals surface area contributed by atoms with E-state index in [1.54, 1.807) is 35.1 Å². The van der Waals surface area contributed by atoms with Gasteiger partial charge in [0.05, 0.1) is 5.69 Å². The third-order valence-corrected chi connectivity index (χ3v) is 3.66. The van der Waals surface area contributed by atoms with E-state index in [-0.39, 0.29) is 5.82 Å². The van der Waals surface area contributed by atoms with Gasteiger partial charge in [-0.2, -0.15) is 5.10 Å². The van der Waals surface area contributed by atoms with Crippen molar-refractivity contribution in [3.63, 3.8) is 0 Å². The number of hydrogen-bond acceptors (Lipinski definition) is 2. The number of nitrogens with zero attached hydrogens (tertiary/aromatic N) is 2. The Balaban J connectivity index is 2.12. The Kier molecular flexibility index (Phi) is 3.71. The monoisotopic (exact) mass is 284 g/mol. The van der Waals surface area contributed by atoms with Crippen molar-refractivity contribution in [1.82, 2.24) is 9.78 Å². The first-order chi connectivity index (χ1) is 10.2. The molecule has 1 N–H and O–H groups in total. The summed E-state index contributed by atoms with van der Waals surface area (Å²) in [7, 11) is 0. The predicted molar refractivity (Wildman–Crippen MR) is 80.5 cm³/mol. The standard InChI is InChI=1S/C17H17FN2O/c1-2-11-20-16(9-10-19-20)17(21)14-7-8-15(18)13-6-4-3-5-12(13)14/h3-10,17,21H,2,11H2,1H3. The minimum absolute atomic E-state index is 0.274. The zero-order chi connectivity index (χ0) is 14.8. The Morgan fingerprint density at radius 2 is 1.90 bits per heavy atom. The molecule has 0 spiro atoms. The molecule has 0 bridgehead atoms. The third kappa shape index (κ3) is 2.43. The van der Waals surface area contributed by atoms with Crippen LogP contribution in [0.5, 0.6) is 0 Å². The van der Waals surface area contributed by atoms with Crippen LogP contribution in [0, 0.1) is 5.82 Å². The molecule has 0 aliphatic rings. The molecule has 21 heavy (non-hydrogen) atoms. The fraction of sp³-hybridized carbons (Fsp3) is 0.235. The molecule has 0 aliphatic heterocycles. The molecule has 0 saturated carbocycles. The third-order valence-electron chi connectivity index (χ3n) is 3.66. The normalized spacial score (nSPS) is 12.7. The second-order valence-corrected chi connectivity index (χ2v) is 5.06. The van der Waals surface area contributed by atoms with Crippen LogP contribution in [0.3, 0.4) is 0 Å². The van der Waals surface area contributed by atoms with Crippen LogP contribution in [0.15, 0.2) is 48.7 Å². The number of benzene rings is 2. The first-order valence-corrected chi connectivity index (χ1v) is 7.09. The van der Waals surface area contributed by atoms with E-state index in [2.05, 4.69) is 12.0 Å². The molecular formula is C17H17FN2O. The number of rotatable bonds is 4. The van der Waals surface area contributed by atoms with Gasteiger partial charge in [0.15, 0.2) is 0 Å². The maximum atomic E-state index is 13.9. The molecule has 108 valence electrons. The molecule has 3 nitrogen and oxygen atoms in total. The molecule has 0 aliphatic carbocycles. The fourth-order valence-corrected chi connectivity index (χ4v) is 2.66. The predicted octanol–water partition coefficient (Wildman–Crippen LogP) is 3.67. The fourth-order valence-electron chi connectivity index (χ4n) is 2.66. The minimum Gasteiger partial charge on any atom is -0.382 e. The topological polar surface area (TPSA) is 38.0 Å². The van der Waals surface area contributed by atoms with Crippen LogP contribution >= 0.6 is 0 Å². The summed E-state index contributed by atoms with van der Waals surface area (Å²) in [5.41, 5.74) is 1.43. The second-order valence-electron chi connectivity index (χ2n) is 5.06. The maximum Gasteiger partial charge on any atom is 0.131 e. The molecule has 1 unspecified atom stereocenters. The zero-order valence-electron chi connectivity index (χ0n) is 11.8. The second kappa shape index (κ2) is 5.66. The SMILES string of the molecule is CCCn1nccc1C(O)c1ccc(F)c2ccccc12. The van der Waals surface area contributed by atoms with Crippen molar-refractivity contribution in [2.24, 2.45) is 0 Å². The summed E-state index contributed by atoms with van der Waals surface area (Å²) in [6.45, 7) is 2.81. The molecular weight excluding hydrogens is 267 g/mol. The average molecular weight is 284 g/mol. The molecule has 3 rings (SSSR count). The Bertz CT molecular complexity index is 766. The van der Waals surface area contributed by atoms with Crippen LogP contribution in [0.4, 0.5) is 4.39 Å². The number of fused-ring (bicyclic) bond motifs is 1. The van der Waals surface area contributed by atoms with Crippen LogP contribution < -0.4 is 0 Å². The molecule has 2 aromatic carbocycles. The molecule has 0 radical (unpaired) electrons. The Morgan fingerprint density at radius 1 is 1.14 bits per heavy atom. The highest BCUT2D eigenvalue weighted by atomic mass is 19.1. The van der Waals surface area contributed by atoms with Crippen LogP contribution in [-0.4, -0.2) is 14.9 Å². The van der Waals surface area contributed by atoms with Gasteiger partial charge in [0.1, 0.15) is 11.9 Å². The van der Waals surface area contributed by atoms with Gasteiger partial charge < -0.3 is 5.11 Å². The Hall–Kier alpha value is -2.20. The van der Waals surface area contributed by atoms with Crippen LogP contribution in [0.2, 0.25) is 0 Å². The van der Waals surface area contributed by atoms with Crippen molar-refractivity contribution in [2.45, 2.75) is 26.0 Å². The van der Waals surface area contributed by atoms with E-state index >= 15 is 0 Å². The molecule has 1 heterocycles. The van der Waals surface area contributed by atoms with Crippen molar-refractivity contribution in [2.75, 3.05) is 0 Å². The van der Waals surface area contributed by atoms with Crippen molar-refractivity contribution in [3.05, 3.63) is 65.7 Å². The van der Waals surface area contributed by atoms with Gasteiger partial charge >= 0.3 is 0 Å². The van der Waals surface area contributed by atoms with Crippen molar-refractivity contribution >= 4 is 10.8 Å². The van der Waals surface area contributed by atoms with E-state index < -0.39 is 6.10 Å². The molecule has 1 atom stereocenters. The summed E-state index contributed by atoms with van der Waals surface area (Å²) in [5, 5.41) is 16.2. The van der Waals surface area contributed by atoms with E-state index in [4.69, 9.17) is 0 Å². The smallest absolute Gasteiger partial charge is 0.131 e. The van der Waals surface area contributed by atoms with Gasteiger partial charge in [0, 0.05) is 18.1 Å². The molecule has 1 aromatic heterocycles. The first kappa shape index (κ1) is 13.8. The molecule has 0 fully saturated rings. The quantitative estimate of drug-likeness (QED) is 0.794. The lowest BCUT2D eigenvalue weighted by Gasteiger charge is -2.16. The molecule has 0 saturated heterocycles. The number of aryl methyl sites for hydroxylation is 1. The largest absolute Gasteiger partial charge is 0.382 e. The first-order valence-electron chi connectivity index (χ1n) is 7.09. The van der Waals surface area contributed by atoms with E-state index in [0.29, 0.717) is 10.9 Å². The van der Waals surface area contributed by atoms with Gasteiger partial charge in [-0.25, -0.2) is 4.39 Å². The van der Waals surface area contributed by atoms with Gasteiger partial charge in [-0.1, -0.05) is 37.3 Å². The Labute approximate surface area is 122 Å². The molecule has 3 aromatic rings. The molecule has 4 heteroatoms. The van der Waals surface area contributed by atoms with Crippen molar-refractivity contribution in [1.29, 1.82) is 0 Å². The van der Waals surface area contributed by atoms with Gasteiger partial charge in [-0.05, 0) is 29.5 Å². The minimum atomic E-state index is -0.815. The van der Waals surface area contributed by atoms with Gasteiger partial charge in [-0.15, -0.1) is 0 Å². The number of aromatic nitrogens is 2. The van der Waals surface area contributed by atoms with Gasteiger partial charge in [0.2, 0.25) is 0 Å². The number of aliphatic hydroxyl groups excluding tert-OH is 1. The Morgan fingerprint density at radius 3 is 2.67 bits per heavy atom. The number of hydrogen-bond donors (Lipinski definition) is 1. The van der Waals surface area contributed by atoms with E-state index in [1.807, 2.05) is 12.1 Å². The zero-order valence-corrected chi connectivity index (χ0v) is 11.8. The highest BCUT2D eigenvalue weighted by Crippen LogP contribution is 2.30. The summed E-state index contributed by atoms with van der Waals surface area (Å²) in [6, 6.07) is 12.1. The van der Waals surface area contributed by atoms with Crippen LogP contribution in [0.1, 0.15) is 30.7 Å². The summed E-state index contributed by atoms with van der Waals surface area (Å²) >= 11 is 0. The lowest BCUT2D eigenvalue weighted by atomic mass is 9.98. The summed E-state index contributed by atoms with van der Waals surface area (Å²) < 4.78 is 15.7. The van der Waals surface area contributed by atoms with E-state index in [9.17, 15) is 9.50 Å².